The Kier molecular flexibility index (Phi) is 6.44. The average Bonchev–Trinajstić information content (AvgIpc) is 3.01. The number of imide groups is 1. The molecule has 1 unspecified atom stereocenters. The first-order chi connectivity index (χ1) is 16.0. The van der Waals surface area contributed by atoms with E-state index in [1.54, 1.807) is 6.07 Å². The Morgan fingerprint density at radius 3 is 2.29 bits per heavy atom. The van der Waals surface area contributed by atoms with E-state index in [1.807, 2.05) is 0 Å². The van der Waals surface area contributed by atoms with Gasteiger partial charge in [-0.2, -0.15) is 13.2 Å². The lowest BCUT2D eigenvalue weighted by Gasteiger charge is -2.27. The summed E-state index contributed by atoms with van der Waals surface area (Å²) in [6.07, 6.45) is 0.266. The Balaban J connectivity index is 1.42. The van der Waals surface area contributed by atoms with Crippen LogP contribution in [0, 0.1) is 0 Å². The topological polar surface area (TPSA) is 88.6 Å². The normalized spacial score (nSPS) is 18.4. The van der Waals surface area contributed by atoms with E-state index in [2.05, 4.69) is 0 Å². The van der Waals surface area contributed by atoms with E-state index in [-0.39, 0.29) is 77.0 Å². The van der Waals surface area contributed by atoms with Gasteiger partial charge in [0.1, 0.15) is 5.78 Å². The first-order valence-corrected chi connectivity index (χ1v) is 11.3. The predicted molar refractivity (Wildman–Crippen MR) is 116 cm³/mol. The van der Waals surface area contributed by atoms with Crippen LogP contribution >= 0.6 is 11.8 Å². The molecule has 34 heavy (non-hydrogen) atoms. The predicted octanol–water partition coefficient (Wildman–Crippen LogP) is 4.40. The van der Waals surface area contributed by atoms with Crippen molar-refractivity contribution < 1.29 is 37.1 Å². The molecule has 0 radical (unpaired) electrons. The summed E-state index contributed by atoms with van der Waals surface area (Å²) in [5.74, 6) is -2.11. The smallest absolute Gasteiger partial charge is 0.299 e. The Hall–Kier alpha value is -3.27. The molecule has 1 fully saturated rings. The average molecular weight is 489 g/mol. The van der Waals surface area contributed by atoms with Crippen LogP contribution in [0.5, 0.6) is 0 Å². The molecule has 0 N–H and O–H groups in total. The number of fused-ring (bicyclic) bond motifs is 1. The number of hydrogen-bond donors (Lipinski definition) is 0. The molecule has 0 aromatic heterocycles. The number of rotatable bonds is 6. The van der Waals surface area contributed by atoms with Gasteiger partial charge in [0.2, 0.25) is 0 Å². The highest BCUT2D eigenvalue weighted by atomic mass is 32.2. The molecule has 1 atom stereocenters. The molecule has 0 saturated heterocycles. The van der Waals surface area contributed by atoms with E-state index in [0.717, 1.165) is 4.90 Å². The Morgan fingerprint density at radius 1 is 0.971 bits per heavy atom. The fourth-order valence-electron chi connectivity index (χ4n) is 4.12. The molecule has 2 aliphatic rings. The van der Waals surface area contributed by atoms with Crippen molar-refractivity contribution in [3.63, 3.8) is 0 Å². The van der Waals surface area contributed by atoms with E-state index in [9.17, 15) is 37.1 Å². The molecule has 1 aliphatic carbocycles. The van der Waals surface area contributed by atoms with Crippen LogP contribution in [0.1, 0.15) is 62.3 Å². The number of alkyl halides is 3. The first-order valence-electron chi connectivity index (χ1n) is 10.5. The molecule has 4 rings (SSSR count). The molecule has 0 spiro atoms. The summed E-state index contributed by atoms with van der Waals surface area (Å²) in [6, 6.07) is 8.82. The highest BCUT2D eigenvalue weighted by Gasteiger charge is 2.44. The molecule has 1 aliphatic heterocycles. The molecule has 1 saturated carbocycles. The van der Waals surface area contributed by atoms with E-state index < -0.39 is 29.1 Å². The van der Waals surface area contributed by atoms with Crippen molar-refractivity contribution in [2.24, 2.45) is 0 Å². The third-order valence-electron chi connectivity index (χ3n) is 5.78. The number of thioether (sulfide) groups is 1. The largest absolute Gasteiger partial charge is 0.446 e. The third kappa shape index (κ3) is 4.96. The molecule has 2 amide bonds. The summed E-state index contributed by atoms with van der Waals surface area (Å²) >= 11 is -0.259. The maximum absolute atomic E-state index is 12.9. The van der Waals surface area contributed by atoms with Crippen LogP contribution in [-0.4, -0.2) is 45.6 Å². The van der Waals surface area contributed by atoms with Crippen LogP contribution in [0.3, 0.4) is 0 Å². The van der Waals surface area contributed by atoms with Gasteiger partial charge in [-0.25, -0.2) is 0 Å². The highest BCUT2D eigenvalue weighted by Crippen LogP contribution is 2.37. The van der Waals surface area contributed by atoms with E-state index in [1.165, 1.54) is 36.4 Å². The SMILES string of the molecule is O=C1CCC(N2C(=O)c3ccc(CCC(=O)c4ccc(SC(F)(F)F)cc4)cc3C2=O)C(=O)C1. The molecule has 2 aromatic carbocycles. The summed E-state index contributed by atoms with van der Waals surface area (Å²) in [4.78, 5) is 62.7. The van der Waals surface area contributed by atoms with Crippen LogP contribution in [0.25, 0.3) is 0 Å². The molecule has 1 heterocycles. The van der Waals surface area contributed by atoms with E-state index >= 15 is 0 Å². The number of carbonyl (C=O) groups excluding carboxylic acids is 5. The zero-order valence-corrected chi connectivity index (χ0v) is 18.5. The number of Topliss-reactive ketones (excluding diaryl/α,β-unsaturated/α-hetero) is 3. The number of hydrogen-bond acceptors (Lipinski definition) is 6. The quantitative estimate of drug-likeness (QED) is 0.259. The molecule has 6 nitrogen and oxygen atoms in total. The lowest BCUT2D eigenvalue weighted by Crippen LogP contribution is -2.47. The summed E-state index contributed by atoms with van der Waals surface area (Å²) in [7, 11) is 0. The molecule has 0 bridgehead atoms. The third-order valence-corrected chi connectivity index (χ3v) is 6.52. The van der Waals surface area contributed by atoms with Crippen LogP contribution < -0.4 is 0 Å². The Bertz CT molecular complexity index is 1210. The molecule has 2 aromatic rings. The van der Waals surface area contributed by atoms with Gasteiger partial charge in [0.15, 0.2) is 11.6 Å². The summed E-state index contributed by atoms with van der Waals surface area (Å²) < 4.78 is 37.3. The fourth-order valence-corrected chi connectivity index (χ4v) is 4.66. The maximum Gasteiger partial charge on any atom is 0.446 e. The second-order valence-electron chi connectivity index (χ2n) is 8.09. The number of amides is 2. The van der Waals surface area contributed by atoms with Gasteiger partial charge in [0.25, 0.3) is 11.8 Å². The minimum atomic E-state index is -4.41. The van der Waals surface area contributed by atoms with Gasteiger partial charge < -0.3 is 0 Å². The van der Waals surface area contributed by atoms with Crippen molar-refractivity contribution in [1.82, 2.24) is 4.90 Å². The number of benzene rings is 2. The number of nitrogens with zero attached hydrogens (tertiary/aromatic N) is 1. The summed E-state index contributed by atoms with van der Waals surface area (Å²) in [5, 5.41) is 0. The second-order valence-corrected chi connectivity index (χ2v) is 9.23. The molecular weight excluding hydrogens is 471 g/mol. The van der Waals surface area contributed by atoms with Gasteiger partial charge >= 0.3 is 5.51 Å². The van der Waals surface area contributed by atoms with Gasteiger partial charge in [-0.15, -0.1) is 0 Å². The number of carbonyl (C=O) groups is 5. The number of halogens is 3. The van der Waals surface area contributed by atoms with Crippen molar-refractivity contribution in [2.45, 2.75) is 48.5 Å². The summed E-state index contributed by atoms with van der Waals surface area (Å²) in [6.45, 7) is 0. The van der Waals surface area contributed by atoms with Crippen molar-refractivity contribution in [3.8, 4) is 0 Å². The van der Waals surface area contributed by atoms with Crippen LogP contribution in [-0.2, 0) is 16.0 Å². The number of ketones is 3. The van der Waals surface area contributed by atoms with E-state index in [0.29, 0.717) is 5.56 Å². The van der Waals surface area contributed by atoms with Crippen LogP contribution in [0.15, 0.2) is 47.4 Å². The van der Waals surface area contributed by atoms with Crippen molar-refractivity contribution in [2.75, 3.05) is 0 Å². The number of aryl methyl sites for hydroxylation is 1. The minimum absolute atomic E-state index is 0.0174. The van der Waals surface area contributed by atoms with Gasteiger partial charge in [-0.3, -0.25) is 28.9 Å². The van der Waals surface area contributed by atoms with Gasteiger partial charge in [0.05, 0.1) is 23.6 Å². The molecular formula is C24H18F3NO5S. The first kappa shape index (κ1) is 23.9. The van der Waals surface area contributed by atoms with Crippen LogP contribution in [0.4, 0.5) is 13.2 Å². The zero-order chi connectivity index (χ0) is 24.6. The van der Waals surface area contributed by atoms with Gasteiger partial charge in [-0.05, 0) is 54.4 Å². The lowest BCUT2D eigenvalue weighted by atomic mass is 9.92. The van der Waals surface area contributed by atoms with Crippen LogP contribution in [0.2, 0.25) is 0 Å². The Labute approximate surface area is 196 Å². The summed E-state index contributed by atoms with van der Waals surface area (Å²) in [5.41, 5.74) is -3.19. The standard InChI is InChI=1S/C24H18F3NO5S/c25-24(26,27)34-16-6-3-14(4-7-16)20(30)10-2-13-1-8-17-18(11-13)23(33)28(22(17)32)19-9-5-15(29)12-21(19)31/h1,3-4,6-8,11,19H,2,5,9-10,12H2. The minimum Gasteiger partial charge on any atom is -0.299 e. The zero-order valence-electron chi connectivity index (χ0n) is 17.7. The lowest BCUT2D eigenvalue weighted by molar-refractivity contribution is -0.132. The monoisotopic (exact) mass is 489 g/mol. The maximum atomic E-state index is 12.9. The highest BCUT2D eigenvalue weighted by molar-refractivity contribution is 8.00. The van der Waals surface area contributed by atoms with E-state index in [4.69, 9.17) is 0 Å². The molecule has 10 heteroatoms. The van der Waals surface area contributed by atoms with Gasteiger partial charge in [-0.1, -0.05) is 18.2 Å². The van der Waals surface area contributed by atoms with Crippen molar-refractivity contribution >= 4 is 40.9 Å². The van der Waals surface area contributed by atoms with Gasteiger partial charge in [0, 0.05) is 23.3 Å². The molecule has 176 valence electrons. The van der Waals surface area contributed by atoms with Crippen molar-refractivity contribution in [1.29, 1.82) is 0 Å². The van der Waals surface area contributed by atoms with Crippen molar-refractivity contribution in [3.05, 3.63) is 64.7 Å². The Morgan fingerprint density at radius 2 is 1.65 bits per heavy atom. The fraction of sp³-hybridized carbons (Fsp3) is 0.292. The second kappa shape index (κ2) is 9.17.